The van der Waals surface area contributed by atoms with Crippen LogP contribution < -0.4 is 5.32 Å². The second kappa shape index (κ2) is 8.83. The summed E-state index contributed by atoms with van der Waals surface area (Å²) < 4.78 is 1.92. The molecule has 4 nitrogen and oxygen atoms in total. The second-order valence-corrected chi connectivity index (χ2v) is 9.05. The van der Waals surface area contributed by atoms with Crippen molar-refractivity contribution in [1.82, 2.24) is 9.88 Å². The van der Waals surface area contributed by atoms with Crippen molar-refractivity contribution in [2.45, 2.75) is 52.2 Å². The summed E-state index contributed by atoms with van der Waals surface area (Å²) in [6.45, 7) is 5.69. The standard InChI is InChI=1S/C25H29ClN2O2/c1-16-6-5-8-22(17(16)2)27-14-21-20-7-3-4-9-23(20)28(24(21)25(29)30)15-18-10-12-19(26)13-11-18/h3-4,7,9-13,16-17,22,27H,5-6,8,14-15H2,1-2H3,(H,29,30)/t16-,17-,22+/m1/s1. The lowest BCUT2D eigenvalue weighted by Crippen LogP contribution is -2.40. The molecule has 0 spiro atoms. The summed E-state index contributed by atoms with van der Waals surface area (Å²) >= 11 is 6.02. The maximum Gasteiger partial charge on any atom is 0.352 e. The van der Waals surface area contributed by atoms with Gasteiger partial charge in [-0.15, -0.1) is 0 Å². The zero-order valence-electron chi connectivity index (χ0n) is 17.6. The van der Waals surface area contributed by atoms with Gasteiger partial charge in [0.05, 0.1) is 0 Å². The first kappa shape index (κ1) is 21.0. The molecule has 1 saturated carbocycles. The van der Waals surface area contributed by atoms with Crippen LogP contribution in [0.25, 0.3) is 10.9 Å². The highest BCUT2D eigenvalue weighted by atomic mass is 35.5. The predicted octanol–water partition coefficient (Wildman–Crippen LogP) is 5.96. The molecule has 3 atom stereocenters. The average Bonchev–Trinajstić information content (AvgIpc) is 3.04. The Balaban J connectivity index is 1.71. The summed E-state index contributed by atoms with van der Waals surface area (Å²) in [6, 6.07) is 16.0. The molecule has 0 aliphatic heterocycles. The number of hydrogen-bond donors (Lipinski definition) is 2. The van der Waals surface area contributed by atoms with E-state index < -0.39 is 5.97 Å². The molecule has 0 saturated heterocycles. The molecule has 158 valence electrons. The Bertz CT molecular complexity index is 1040. The van der Waals surface area contributed by atoms with Crippen molar-refractivity contribution >= 4 is 28.5 Å². The van der Waals surface area contributed by atoms with Crippen LogP contribution in [0.15, 0.2) is 48.5 Å². The summed E-state index contributed by atoms with van der Waals surface area (Å²) in [7, 11) is 0. The molecular formula is C25H29ClN2O2. The molecule has 1 aliphatic carbocycles. The zero-order chi connectivity index (χ0) is 21.3. The minimum Gasteiger partial charge on any atom is -0.477 e. The van der Waals surface area contributed by atoms with Gasteiger partial charge in [0.25, 0.3) is 0 Å². The predicted molar refractivity (Wildman–Crippen MR) is 122 cm³/mol. The van der Waals surface area contributed by atoms with E-state index in [0.29, 0.717) is 41.7 Å². The van der Waals surface area contributed by atoms with E-state index in [4.69, 9.17) is 11.6 Å². The summed E-state index contributed by atoms with van der Waals surface area (Å²) in [5.74, 6) is 0.401. The summed E-state index contributed by atoms with van der Waals surface area (Å²) in [5, 5.41) is 15.5. The van der Waals surface area contributed by atoms with Gasteiger partial charge in [-0.2, -0.15) is 0 Å². The van der Waals surface area contributed by atoms with E-state index in [1.807, 2.05) is 53.1 Å². The lowest BCUT2D eigenvalue weighted by molar-refractivity contribution is 0.0684. The Morgan fingerprint density at radius 2 is 1.87 bits per heavy atom. The van der Waals surface area contributed by atoms with Crippen LogP contribution in [0, 0.1) is 11.8 Å². The molecule has 0 amide bonds. The molecule has 1 aromatic heterocycles. The Hall–Kier alpha value is -2.30. The van der Waals surface area contributed by atoms with Gasteiger partial charge in [-0.3, -0.25) is 0 Å². The van der Waals surface area contributed by atoms with Crippen LogP contribution in [0.3, 0.4) is 0 Å². The highest BCUT2D eigenvalue weighted by Gasteiger charge is 2.28. The van der Waals surface area contributed by atoms with E-state index in [0.717, 1.165) is 28.5 Å². The van der Waals surface area contributed by atoms with Gasteiger partial charge in [-0.25, -0.2) is 4.79 Å². The number of hydrogen-bond acceptors (Lipinski definition) is 2. The first-order chi connectivity index (χ1) is 14.5. The number of rotatable bonds is 6. The number of benzene rings is 2. The first-order valence-corrected chi connectivity index (χ1v) is 11.1. The van der Waals surface area contributed by atoms with Gasteiger partial charge in [0.1, 0.15) is 5.69 Å². The topological polar surface area (TPSA) is 54.3 Å². The fourth-order valence-corrected chi connectivity index (χ4v) is 4.96. The first-order valence-electron chi connectivity index (χ1n) is 10.8. The molecule has 4 rings (SSSR count). The SMILES string of the molecule is C[C@@H]1[C@H](C)CCC[C@@H]1NCc1c(C(=O)O)n(Cc2ccc(Cl)cc2)c2ccccc12. The van der Waals surface area contributed by atoms with Crippen LogP contribution in [-0.4, -0.2) is 21.7 Å². The number of para-hydroxylation sites is 1. The fraction of sp³-hybridized carbons (Fsp3) is 0.400. The Kier molecular flexibility index (Phi) is 6.16. The maximum absolute atomic E-state index is 12.4. The second-order valence-electron chi connectivity index (χ2n) is 8.62. The normalized spacial score (nSPS) is 21.8. The van der Waals surface area contributed by atoms with Crippen LogP contribution in [-0.2, 0) is 13.1 Å². The monoisotopic (exact) mass is 424 g/mol. The van der Waals surface area contributed by atoms with E-state index in [9.17, 15) is 9.90 Å². The average molecular weight is 425 g/mol. The van der Waals surface area contributed by atoms with Crippen LogP contribution in [0.1, 0.15) is 54.7 Å². The third-order valence-electron chi connectivity index (χ3n) is 6.78. The Morgan fingerprint density at radius 3 is 2.60 bits per heavy atom. The Morgan fingerprint density at radius 1 is 1.13 bits per heavy atom. The third kappa shape index (κ3) is 4.12. The van der Waals surface area contributed by atoms with Crippen molar-refractivity contribution in [3.05, 3.63) is 70.4 Å². The van der Waals surface area contributed by atoms with Crippen molar-refractivity contribution in [1.29, 1.82) is 0 Å². The van der Waals surface area contributed by atoms with Gasteiger partial charge in [0.15, 0.2) is 0 Å². The van der Waals surface area contributed by atoms with Gasteiger partial charge in [0, 0.05) is 40.6 Å². The number of fused-ring (bicyclic) bond motifs is 1. The minimum absolute atomic E-state index is 0.371. The van der Waals surface area contributed by atoms with E-state index in [1.54, 1.807) is 0 Å². The fourth-order valence-electron chi connectivity index (χ4n) is 4.84. The summed E-state index contributed by atoms with van der Waals surface area (Å²) in [4.78, 5) is 12.4. The molecule has 0 bridgehead atoms. The number of carboxylic acid groups (broad SMARTS) is 1. The largest absolute Gasteiger partial charge is 0.477 e. The smallest absolute Gasteiger partial charge is 0.352 e. The molecule has 1 fully saturated rings. The number of carbonyl (C=O) groups is 1. The zero-order valence-corrected chi connectivity index (χ0v) is 18.3. The van der Waals surface area contributed by atoms with Gasteiger partial charge in [-0.05, 0) is 42.0 Å². The van der Waals surface area contributed by atoms with E-state index in [1.165, 1.54) is 12.8 Å². The van der Waals surface area contributed by atoms with Gasteiger partial charge in [0.2, 0.25) is 0 Å². The Labute approximate surface area is 182 Å². The van der Waals surface area contributed by atoms with Crippen LogP contribution in [0.2, 0.25) is 5.02 Å². The number of halogens is 1. The van der Waals surface area contributed by atoms with Crippen LogP contribution in [0.5, 0.6) is 0 Å². The van der Waals surface area contributed by atoms with Crippen LogP contribution >= 0.6 is 11.6 Å². The lowest BCUT2D eigenvalue weighted by Gasteiger charge is -2.34. The molecule has 5 heteroatoms. The molecule has 3 aromatic rings. The van der Waals surface area contributed by atoms with E-state index in [-0.39, 0.29) is 0 Å². The molecular weight excluding hydrogens is 396 g/mol. The maximum atomic E-state index is 12.4. The van der Waals surface area contributed by atoms with Crippen molar-refractivity contribution in [3.8, 4) is 0 Å². The summed E-state index contributed by atoms with van der Waals surface area (Å²) in [5.41, 5.74) is 3.22. The highest BCUT2D eigenvalue weighted by molar-refractivity contribution is 6.30. The molecule has 1 aliphatic rings. The number of carboxylic acids is 1. The molecule has 2 N–H and O–H groups in total. The molecule has 1 heterocycles. The van der Waals surface area contributed by atoms with Crippen molar-refractivity contribution in [2.75, 3.05) is 0 Å². The molecule has 2 aromatic carbocycles. The van der Waals surface area contributed by atoms with Gasteiger partial charge < -0.3 is 15.0 Å². The van der Waals surface area contributed by atoms with E-state index in [2.05, 4.69) is 19.2 Å². The minimum atomic E-state index is -0.887. The number of aromatic nitrogens is 1. The van der Waals surface area contributed by atoms with Crippen molar-refractivity contribution in [2.24, 2.45) is 11.8 Å². The molecule has 0 radical (unpaired) electrons. The quantitative estimate of drug-likeness (QED) is 0.513. The van der Waals surface area contributed by atoms with Crippen LogP contribution in [0.4, 0.5) is 0 Å². The van der Waals surface area contributed by atoms with E-state index >= 15 is 0 Å². The van der Waals surface area contributed by atoms with Gasteiger partial charge >= 0.3 is 5.97 Å². The third-order valence-corrected chi connectivity index (χ3v) is 7.03. The van der Waals surface area contributed by atoms with Crippen molar-refractivity contribution in [3.63, 3.8) is 0 Å². The lowest BCUT2D eigenvalue weighted by atomic mass is 9.78. The summed E-state index contributed by atoms with van der Waals surface area (Å²) in [6.07, 6.45) is 3.66. The van der Waals surface area contributed by atoms with Crippen molar-refractivity contribution < 1.29 is 9.90 Å². The number of aromatic carboxylic acids is 1. The number of nitrogens with zero attached hydrogens (tertiary/aromatic N) is 1. The molecule has 30 heavy (non-hydrogen) atoms. The molecule has 0 unspecified atom stereocenters. The van der Waals surface area contributed by atoms with Gasteiger partial charge in [-0.1, -0.05) is 68.6 Å². The highest BCUT2D eigenvalue weighted by Crippen LogP contribution is 2.31. The number of nitrogens with one attached hydrogen (secondary N) is 1.